The van der Waals surface area contributed by atoms with Gasteiger partial charge in [0.25, 0.3) is 0 Å². The average molecular weight is 492 g/mol. The highest BCUT2D eigenvalue weighted by Crippen LogP contribution is 2.42. The summed E-state index contributed by atoms with van der Waals surface area (Å²) in [5, 5.41) is 3.85. The topological polar surface area (TPSA) is 98.8 Å². The Kier molecular flexibility index (Phi) is 4.89. The second-order valence-electron chi connectivity index (χ2n) is 9.90. The lowest BCUT2D eigenvalue weighted by Crippen LogP contribution is -2.06. The van der Waals surface area contributed by atoms with Gasteiger partial charge in [-0.25, -0.2) is 14.8 Å². The van der Waals surface area contributed by atoms with Crippen molar-refractivity contribution in [1.29, 1.82) is 0 Å². The number of hydrogen-bond acceptors (Lipinski definition) is 6. The van der Waals surface area contributed by atoms with Gasteiger partial charge < -0.3 is 9.30 Å². The van der Waals surface area contributed by atoms with E-state index in [4.69, 9.17) is 19.2 Å². The van der Waals surface area contributed by atoms with Crippen molar-refractivity contribution < 1.29 is 9.26 Å². The van der Waals surface area contributed by atoms with Crippen LogP contribution >= 0.6 is 0 Å². The van der Waals surface area contributed by atoms with Crippen molar-refractivity contribution in [2.75, 3.05) is 0 Å². The van der Waals surface area contributed by atoms with E-state index in [1.54, 1.807) is 0 Å². The molecule has 1 saturated carbocycles. The van der Waals surface area contributed by atoms with Crippen LogP contribution in [0.1, 0.15) is 63.9 Å². The fourth-order valence-corrected chi connectivity index (χ4v) is 5.22. The second-order valence-corrected chi connectivity index (χ2v) is 9.90. The number of H-pyrrole nitrogens is 1. The summed E-state index contributed by atoms with van der Waals surface area (Å²) in [6.45, 7) is 5.25. The Morgan fingerprint density at radius 3 is 2.76 bits per heavy atom. The maximum absolute atomic E-state index is 11.6. The van der Waals surface area contributed by atoms with Gasteiger partial charge in [0.1, 0.15) is 23.7 Å². The lowest BCUT2D eigenvalue weighted by atomic mass is 9.93. The van der Waals surface area contributed by atoms with Crippen LogP contribution in [0.2, 0.25) is 0 Å². The van der Waals surface area contributed by atoms with Gasteiger partial charge in [0, 0.05) is 17.2 Å². The Labute approximate surface area is 212 Å². The molecule has 0 bridgehead atoms. The van der Waals surface area contributed by atoms with Crippen LogP contribution in [0.3, 0.4) is 0 Å². The van der Waals surface area contributed by atoms with Gasteiger partial charge in [-0.1, -0.05) is 41.6 Å². The maximum Gasteiger partial charge on any atom is 0.439 e. The van der Waals surface area contributed by atoms with Crippen LogP contribution < -0.4 is 10.5 Å². The predicted molar refractivity (Wildman–Crippen MR) is 139 cm³/mol. The first-order valence-corrected chi connectivity index (χ1v) is 12.5. The smallest absolute Gasteiger partial charge is 0.439 e. The van der Waals surface area contributed by atoms with E-state index in [0.29, 0.717) is 24.9 Å². The van der Waals surface area contributed by atoms with E-state index in [-0.39, 0.29) is 0 Å². The number of nitrogens with one attached hydrogen (secondary N) is 1. The van der Waals surface area contributed by atoms with Crippen LogP contribution in [0.15, 0.2) is 57.8 Å². The fourth-order valence-electron chi connectivity index (χ4n) is 5.22. The third-order valence-corrected chi connectivity index (χ3v) is 7.10. The normalized spacial score (nSPS) is 15.9. The number of aromatic amines is 1. The van der Waals surface area contributed by atoms with Gasteiger partial charge in [0.2, 0.25) is 0 Å². The van der Waals surface area contributed by atoms with Crippen molar-refractivity contribution in [3.8, 4) is 5.75 Å². The number of fused-ring (bicyclic) bond motifs is 3. The van der Waals surface area contributed by atoms with Gasteiger partial charge in [-0.3, -0.25) is 9.51 Å². The summed E-state index contributed by atoms with van der Waals surface area (Å²) < 4.78 is 13.3. The highest BCUT2D eigenvalue weighted by atomic mass is 16.5. The summed E-state index contributed by atoms with van der Waals surface area (Å²) in [6, 6.07) is 16.5. The monoisotopic (exact) mass is 491 g/mol. The average Bonchev–Trinajstić information content (AvgIpc) is 3.58. The number of rotatable bonds is 4. The Balaban J connectivity index is 1.34. The summed E-state index contributed by atoms with van der Waals surface area (Å²) in [4.78, 5) is 24.1. The molecular weight excluding hydrogens is 466 g/mol. The number of ether oxygens (including phenoxy) is 1. The van der Waals surface area contributed by atoms with Crippen molar-refractivity contribution in [2.24, 2.45) is 0 Å². The quantitative estimate of drug-likeness (QED) is 0.374. The molecule has 8 heteroatoms. The van der Waals surface area contributed by atoms with Crippen LogP contribution in [0.25, 0.3) is 22.8 Å². The Morgan fingerprint density at radius 1 is 1.08 bits per heavy atom. The summed E-state index contributed by atoms with van der Waals surface area (Å²) >= 11 is 0. The highest BCUT2D eigenvalue weighted by molar-refractivity contribution is 5.94. The molecule has 0 atom stereocenters. The first-order chi connectivity index (χ1) is 18.0. The number of hydrogen-bond donors (Lipinski definition) is 1. The molecule has 5 aromatic rings. The van der Waals surface area contributed by atoms with Gasteiger partial charge >= 0.3 is 5.76 Å². The van der Waals surface area contributed by atoms with Crippen molar-refractivity contribution in [1.82, 2.24) is 24.7 Å². The number of aryl methyl sites for hydroxylation is 2. The molecule has 8 nitrogen and oxygen atoms in total. The van der Waals surface area contributed by atoms with Crippen LogP contribution in [-0.2, 0) is 13.2 Å². The Morgan fingerprint density at radius 2 is 1.95 bits per heavy atom. The second kappa shape index (κ2) is 8.30. The minimum absolute atomic E-state index is 0.363. The van der Waals surface area contributed by atoms with Crippen LogP contribution in [0.5, 0.6) is 5.75 Å². The number of imidazole rings is 1. The molecule has 0 saturated heterocycles. The molecule has 1 N–H and O–H groups in total. The van der Waals surface area contributed by atoms with E-state index in [1.807, 2.05) is 25.1 Å². The molecule has 0 spiro atoms. The third kappa shape index (κ3) is 3.85. The molecule has 0 unspecified atom stereocenters. The molecule has 37 heavy (non-hydrogen) atoms. The molecule has 3 aromatic heterocycles. The SMILES string of the molecule is Cc1cc(C)c2nc(C3CC3)n(Cc3ccc4c(c3)OCc3ccccc3C4=Cc3noc(=O)[nH]3)c2n1. The van der Waals surface area contributed by atoms with Crippen LogP contribution in [-0.4, -0.2) is 24.7 Å². The van der Waals surface area contributed by atoms with E-state index in [2.05, 4.69) is 58.0 Å². The lowest BCUT2D eigenvalue weighted by Gasteiger charge is -2.14. The maximum atomic E-state index is 11.6. The standard InChI is InChI=1S/C29H25N5O3/c1-16-11-17(2)30-28-26(16)32-27(19-8-9-19)34(28)14-18-7-10-22-23(13-25-31-29(35)37-33-25)21-6-4-3-5-20(21)15-36-24(22)12-18/h3-7,10-13,19H,8-9,14-15H2,1-2H3,(H,31,33,35). The van der Waals surface area contributed by atoms with Crippen molar-refractivity contribution in [3.63, 3.8) is 0 Å². The molecule has 0 radical (unpaired) electrons. The molecule has 1 fully saturated rings. The minimum Gasteiger partial charge on any atom is -0.488 e. The van der Waals surface area contributed by atoms with E-state index in [0.717, 1.165) is 61.8 Å². The van der Waals surface area contributed by atoms with Gasteiger partial charge in [0.05, 0.1) is 6.54 Å². The fraction of sp³-hybridized carbons (Fsp3) is 0.241. The molecule has 184 valence electrons. The molecule has 1 aliphatic carbocycles. The van der Waals surface area contributed by atoms with Gasteiger partial charge in [-0.15, -0.1) is 0 Å². The van der Waals surface area contributed by atoms with Crippen LogP contribution in [0, 0.1) is 13.8 Å². The molecule has 4 heterocycles. The zero-order chi connectivity index (χ0) is 25.1. The van der Waals surface area contributed by atoms with E-state index in [9.17, 15) is 4.79 Å². The van der Waals surface area contributed by atoms with E-state index in [1.165, 1.54) is 12.8 Å². The minimum atomic E-state index is -0.585. The van der Waals surface area contributed by atoms with Crippen molar-refractivity contribution in [3.05, 3.63) is 104 Å². The predicted octanol–water partition coefficient (Wildman–Crippen LogP) is 5.13. The molecule has 2 aliphatic rings. The number of pyridine rings is 1. The first kappa shape index (κ1) is 21.8. The number of nitrogens with zero attached hydrogens (tertiary/aromatic N) is 4. The van der Waals surface area contributed by atoms with Gasteiger partial charge in [0.15, 0.2) is 11.5 Å². The molecular formula is C29H25N5O3. The van der Waals surface area contributed by atoms with Gasteiger partial charge in [-0.05, 0) is 72.7 Å². The first-order valence-electron chi connectivity index (χ1n) is 12.5. The zero-order valence-corrected chi connectivity index (χ0v) is 20.6. The largest absolute Gasteiger partial charge is 0.488 e. The van der Waals surface area contributed by atoms with Crippen molar-refractivity contribution in [2.45, 2.75) is 45.8 Å². The summed E-state index contributed by atoms with van der Waals surface area (Å²) in [5.74, 6) is 2.18. The molecule has 0 amide bonds. The highest BCUT2D eigenvalue weighted by Gasteiger charge is 2.30. The summed E-state index contributed by atoms with van der Waals surface area (Å²) in [7, 11) is 0. The Bertz CT molecular complexity index is 1770. The van der Waals surface area contributed by atoms with E-state index < -0.39 is 5.76 Å². The zero-order valence-electron chi connectivity index (χ0n) is 20.6. The molecule has 2 aromatic carbocycles. The number of benzene rings is 2. The number of aromatic nitrogens is 5. The third-order valence-electron chi connectivity index (χ3n) is 7.10. The van der Waals surface area contributed by atoms with Crippen LogP contribution in [0.4, 0.5) is 0 Å². The summed E-state index contributed by atoms with van der Waals surface area (Å²) in [5.41, 5.74) is 9.14. The van der Waals surface area contributed by atoms with Gasteiger partial charge in [-0.2, -0.15) is 0 Å². The molecule has 1 aliphatic heterocycles. The van der Waals surface area contributed by atoms with Crippen molar-refractivity contribution >= 4 is 22.8 Å². The lowest BCUT2D eigenvalue weighted by molar-refractivity contribution is 0.307. The summed E-state index contributed by atoms with van der Waals surface area (Å²) in [6.07, 6.45) is 4.18. The Hall–Kier alpha value is -4.46. The van der Waals surface area contributed by atoms with E-state index >= 15 is 0 Å². The molecule has 7 rings (SSSR count).